The monoisotopic (exact) mass is 339 g/mol. The van der Waals surface area contributed by atoms with E-state index < -0.39 is 5.97 Å². The molecule has 1 heterocycles. The maximum atomic E-state index is 13.8. The van der Waals surface area contributed by atoms with Gasteiger partial charge in [0.05, 0.1) is 12.2 Å². The van der Waals surface area contributed by atoms with Crippen molar-refractivity contribution in [3.8, 4) is 11.3 Å². The van der Waals surface area contributed by atoms with E-state index in [9.17, 15) is 14.3 Å². The average Bonchev–Trinajstić information content (AvgIpc) is 3.02. The highest BCUT2D eigenvalue weighted by atomic mass is 19.1. The van der Waals surface area contributed by atoms with E-state index in [2.05, 4.69) is 5.10 Å². The summed E-state index contributed by atoms with van der Waals surface area (Å²) in [5, 5.41) is 13.4. The van der Waals surface area contributed by atoms with Crippen LogP contribution in [-0.2, 0) is 13.1 Å². The van der Waals surface area contributed by atoms with Crippen molar-refractivity contribution >= 4 is 5.97 Å². The molecule has 0 fully saturated rings. The van der Waals surface area contributed by atoms with Gasteiger partial charge in [0.2, 0.25) is 0 Å². The lowest BCUT2D eigenvalue weighted by Crippen LogP contribution is -2.06. The molecule has 3 aromatic rings. The van der Waals surface area contributed by atoms with E-state index in [-0.39, 0.29) is 18.1 Å². The second kappa shape index (κ2) is 6.86. The molecule has 0 bridgehead atoms. The summed E-state index contributed by atoms with van der Waals surface area (Å²) in [6.45, 7) is 2.40. The highest BCUT2D eigenvalue weighted by Gasteiger charge is 2.15. The molecule has 3 N–H and O–H groups in total. The Morgan fingerprint density at radius 1 is 1.16 bits per heavy atom. The lowest BCUT2D eigenvalue weighted by Gasteiger charge is -2.09. The molecule has 0 saturated heterocycles. The van der Waals surface area contributed by atoms with Crippen LogP contribution < -0.4 is 5.73 Å². The van der Waals surface area contributed by atoms with E-state index in [0.29, 0.717) is 23.4 Å². The van der Waals surface area contributed by atoms with Crippen LogP contribution in [0.1, 0.15) is 27.2 Å². The van der Waals surface area contributed by atoms with Crippen LogP contribution in [0.3, 0.4) is 0 Å². The number of nitrogens with two attached hydrogens (primary N) is 1. The number of carboxylic acid groups (broad SMARTS) is 1. The summed E-state index contributed by atoms with van der Waals surface area (Å²) in [5.41, 5.74) is 9.29. The van der Waals surface area contributed by atoms with Gasteiger partial charge in [0.15, 0.2) is 5.69 Å². The molecule has 1 aromatic heterocycles. The summed E-state index contributed by atoms with van der Waals surface area (Å²) >= 11 is 0. The minimum Gasteiger partial charge on any atom is -0.476 e. The molecule has 5 nitrogen and oxygen atoms in total. The Morgan fingerprint density at radius 2 is 1.84 bits per heavy atom. The average molecular weight is 339 g/mol. The van der Waals surface area contributed by atoms with E-state index in [1.165, 1.54) is 12.1 Å². The van der Waals surface area contributed by atoms with Gasteiger partial charge in [-0.3, -0.25) is 4.68 Å². The van der Waals surface area contributed by atoms with Crippen LogP contribution in [0, 0.1) is 12.7 Å². The first kappa shape index (κ1) is 16.9. The quantitative estimate of drug-likeness (QED) is 0.748. The number of hydrogen-bond donors (Lipinski definition) is 2. The van der Waals surface area contributed by atoms with Gasteiger partial charge in [-0.1, -0.05) is 36.4 Å². The third kappa shape index (κ3) is 3.59. The fourth-order valence-electron chi connectivity index (χ4n) is 2.59. The second-order valence-electron chi connectivity index (χ2n) is 5.86. The van der Waals surface area contributed by atoms with Crippen LogP contribution in [0.5, 0.6) is 0 Å². The van der Waals surface area contributed by atoms with Gasteiger partial charge in [0.25, 0.3) is 0 Å². The van der Waals surface area contributed by atoms with Crippen LogP contribution >= 0.6 is 0 Å². The van der Waals surface area contributed by atoms with E-state index in [4.69, 9.17) is 5.73 Å². The first-order chi connectivity index (χ1) is 12.0. The van der Waals surface area contributed by atoms with Crippen LogP contribution in [0.15, 0.2) is 48.5 Å². The molecule has 0 unspecified atom stereocenters. The molecule has 6 heteroatoms. The highest BCUT2D eigenvalue weighted by molar-refractivity contribution is 5.87. The molecule has 0 radical (unpaired) electrons. The summed E-state index contributed by atoms with van der Waals surface area (Å²) in [4.78, 5) is 11.3. The van der Waals surface area contributed by atoms with Crippen molar-refractivity contribution in [1.82, 2.24) is 9.78 Å². The van der Waals surface area contributed by atoms with Crippen molar-refractivity contribution in [2.75, 3.05) is 0 Å². The van der Waals surface area contributed by atoms with Crippen molar-refractivity contribution in [2.24, 2.45) is 5.73 Å². The Bertz CT molecular complexity index is 917. The Kier molecular flexibility index (Phi) is 4.63. The van der Waals surface area contributed by atoms with Gasteiger partial charge in [0, 0.05) is 6.54 Å². The van der Waals surface area contributed by atoms with Gasteiger partial charge in [-0.15, -0.1) is 0 Å². The number of halogens is 1. The second-order valence-corrected chi connectivity index (χ2v) is 5.86. The molecule has 0 aliphatic carbocycles. The fourth-order valence-corrected chi connectivity index (χ4v) is 2.59. The fraction of sp³-hybridized carbons (Fsp3) is 0.158. The third-order valence-electron chi connectivity index (χ3n) is 4.05. The van der Waals surface area contributed by atoms with Crippen LogP contribution in [0.4, 0.5) is 4.39 Å². The zero-order valence-corrected chi connectivity index (χ0v) is 13.7. The third-order valence-corrected chi connectivity index (χ3v) is 4.05. The van der Waals surface area contributed by atoms with Gasteiger partial charge >= 0.3 is 5.97 Å². The first-order valence-corrected chi connectivity index (χ1v) is 7.83. The van der Waals surface area contributed by atoms with Gasteiger partial charge < -0.3 is 10.8 Å². The van der Waals surface area contributed by atoms with Crippen molar-refractivity contribution in [3.05, 3.63) is 76.7 Å². The zero-order chi connectivity index (χ0) is 18.0. The zero-order valence-electron chi connectivity index (χ0n) is 13.7. The Labute approximate surface area is 144 Å². The number of nitrogens with zero attached hydrogens (tertiary/aromatic N) is 2. The van der Waals surface area contributed by atoms with Crippen molar-refractivity contribution < 1.29 is 14.3 Å². The number of carboxylic acids is 1. The summed E-state index contributed by atoms with van der Waals surface area (Å²) in [7, 11) is 0. The molecule has 128 valence electrons. The molecule has 0 saturated carbocycles. The van der Waals surface area contributed by atoms with E-state index in [1.807, 2.05) is 30.3 Å². The standard InChI is InChI=1S/C19H18FN3O2/c1-12-2-3-14(8-16(12)20)11-23-18(9-17(22-23)19(24)25)15-6-4-13(10-21)5-7-15/h2-9H,10-11,21H2,1H3,(H,24,25). The van der Waals surface area contributed by atoms with E-state index >= 15 is 0 Å². The highest BCUT2D eigenvalue weighted by Crippen LogP contribution is 2.23. The van der Waals surface area contributed by atoms with Gasteiger partial charge in [-0.05, 0) is 41.3 Å². The summed E-state index contributed by atoms with van der Waals surface area (Å²) in [6.07, 6.45) is 0. The number of aryl methyl sites for hydroxylation is 1. The largest absolute Gasteiger partial charge is 0.476 e. The number of carbonyl (C=O) groups is 1. The first-order valence-electron chi connectivity index (χ1n) is 7.83. The molecular weight excluding hydrogens is 321 g/mol. The molecule has 2 aromatic carbocycles. The molecule has 25 heavy (non-hydrogen) atoms. The summed E-state index contributed by atoms with van der Waals surface area (Å²) < 4.78 is 15.4. The molecule has 0 aliphatic rings. The van der Waals surface area contributed by atoms with Crippen LogP contribution in [0.2, 0.25) is 0 Å². The lowest BCUT2D eigenvalue weighted by molar-refractivity contribution is 0.0689. The van der Waals surface area contributed by atoms with Crippen molar-refractivity contribution in [3.63, 3.8) is 0 Å². The Hall–Kier alpha value is -2.99. The predicted octanol–water partition coefficient (Wildman–Crippen LogP) is 3.20. The lowest BCUT2D eigenvalue weighted by atomic mass is 10.1. The molecule has 0 aliphatic heterocycles. The number of aromatic carboxylic acids is 1. The molecule has 0 amide bonds. The normalized spacial score (nSPS) is 10.8. The molecule has 0 spiro atoms. The summed E-state index contributed by atoms with van der Waals surface area (Å²) in [5.74, 6) is -1.40. The Balaban J connectivity index is 2.01. The van der Waals surface area contributed by atoms with Gasteiger partial charge in [-0.25, -0.2) is 9.18 Å². The van der Waals surface area contributed by atoms with Crippen molar-refractivity contribution in [2.45, 2.75) is 20.0 Å². The van der Waals surface area contributed by atoms with E-state index in [1.54, 1.807) is 17.7 Å². The van der Waals surface area contributed by atoms with Gasteiger partial charge in [0.1, 0.15) is 5.82 Å². The maximum Gasteiger partial charge on any atom is 0.356 e. The van der Waals surface area contributed by atoms with Gasteiger partial charge in [-0.2, -0.15) is 5.10 Å². The molecule has 0 atom stereocenters. The Morgan fingerprint density at radius 3 is 2.44 bits per heavy atom. The summed E-state index contributed by atoms with van der Waals surface area (Å²) in [6, 6.07) is 14.0. The van der Waals surface area contributed by atoms with Crippen LogP contribution in [0.25, 0.3) is 11.3 Å². The smallest absolute Gasteiger partial charge is 0.356 e. The molecule has 3 rings (SSSR count). The minimum absolute atomic E-state index is 0.0505. The number of rotatable bonds is 5. The topological polar surface area (TPSA) is 81.1 Å². The maximum absolute atomic E-state index is 13.8. The molecular formula is C19H18FN3O2. The SMILES string of the molecule is Cc1ccc(Cn2nc(C(=O)O)cc2-c2ccc(CN)cc2)cc1F. The predicted molar refractivity (Wildman–Crippen MR) is 92.8 cm³/mol. The van der Waals surface area contributed by atoms with Crippen LogP contribution in [-0.4, -0.2) is 20.9 Å². The number of aromatic nitrogens is 2. The van der Waals surface area contributed by atoms with Crippen molar-refractivity contribution in [1.29, 1.82) is 0 Å². The number of hydrogen-bond acceptors (Lipinski definition) is 3. The number of benzene rings is 2. The minimum atomic E-state index is -1.10. The van der Waals surface area contributed by atoms with E-state index in [0.717, 1.165) is 11.1 Å².